The summed E-state index contributed by atoms with van der Waals surface area (Å²) in [6.07, 6.45) is 0. The Morgan fingerprint density at radius 3 is 2.47 bits per heavy atom. The Labute approximate surface area is 116 Å². The van der Waals surface area contributed by atoms with E-state index in [-0.39, 0.29) is 21.4 Å². The van der Waals surface area contributed by atoms with Crippen molar-refractivity contribution in [1.29, 1.82) is 0 Å². The average Bonchev–Trinajstić information content (AvgIpc) is 2.33. The van der Waals surface area contributed by atoms with E-state index in [0.717, 1.165) is 6.07 Å². The second-order valence-corrected chi connectivity index (χ2v) is 5.75. The predicted molar refractivity (Wildman–Crippen MR) is 72.3 cm³/mol. The van der Waals surface area contributed by atoms with Crippen molar-refractivity contribution < 1.29 is 13.0 Å². The van der Waals surface area contributed by atoms with E-state index in [1.165, 1.54) is 30.3 Å². The first-order valence-electron chi connectivity index (χ1n) is 5.34. The normalized spacial score (nSPS) is 12.4. The Morgan fingerprint density at radius 2 is 1.84 bits per heavy atom. The quantitative estimate of drug-likeness (QED) is 0.882. The molecule has 0 fully saturated rings. The summed E-state index contributed by atoms with van der Waals surface area (Å²) in [6.45, 7) is 0. The number of nitrogen functional groups attached to an aromatic ring is 1. The molecule has 0 heterocycles. The molecule has 19 heavy (non-hydrogen) atoms. The highest BCUT2D eigenvalue weighted by Crippen LogP contribution is 2.21. The van der Waals surface area contributed by atoms with E-state index in [0.29, 0.717) is 5.56 Å². The Bertz CT molecular complexity index is 649. The smallest absolute Gasteiger partial charge is 0.141 e. The first-order valence-corrected chi connectivity index (χ1v) is 7.04. The van der Waals surface area contributed by atoms with Crippen LogP contribution in [0.3, 0.4) is 0 Å². The minimum Gasteiger partial charge on any atom is -0.399 e. The summed E-state index contributed by atoms with van der Waals surface area (Å²) in [5.74, 6) is -1.11. The highest BCUT2D eigenvalue weighted by Gasteiger charge is 2.12. The van der Waals surface area contributed by atoms with Crippen LogP contribution in [0.1, 0.15) is 5.56 Å². The van der Waals surface area contributed by atoms with Crippen molar-refractivity contribution in [2.75, 3.05) is 5.73 Å². The molecule has 100 valence electrons. The van der Waals surface area contributed by atoms with Gasteiger partial charge in [0.2, 0.25) is 0 Å². The second-order valence-electron chi connectivity index (χ2n) is 3.93. The van der Waals surface area contributed by atoms with Gasteiger partial charge >= 0.3 is 0 Å². The summed E-state index contributed by atoms with van der Waals surface area (Å²) in [5.41, 5.74) is 6.26. The van der Waals surface area contributed by atoms with Gasteiger partial charge in [-0.05, 0) is 35.9 Å². The molecule has 0 spiro atoms. The van der Waals surface area contributed by atoms with Gasteiger partial charge in [-0.25, -0.2) is 8.78 Å². The Balaban J connectivity index is 2.23. The standard InChI is InChI=1S/C13H10ClF2NOS/c14-10-5-8(1-3-11(10)15)7-19(18)13-4-2-9(17)6-12(13)16/h1-6H,7,17H2. The molecule has 0 amide bonds. The van der Waals surface area contributed by atoms with Crippen molar-refractivity contribution in [2.45, 2.75) is 10.6 Å². The van der Waals surface area contributed by atoms with Crippen molar-refractivity contribution in [3.8, 4) is 0 Å². The van der Waals surface area contributed by atoms with Crippen LogP contribution in [0.15, 0.2) is 41.3 Å². The van der Waals surface area contributed by atoms with Crippen LogP contribution in [0, 0.1) is 11.6 Å². The second kappa shape index (κ2) is 5.67. The lowest BCUT2D eigenvalue weighted by Gasteiger charge is -2.05. The van der Waals surface area contributed by atoms with Crippen LogP contribution >= 0.6 is 11.6 Å². The van der Waals surface area contributed by atoms with Crippen LogP contribution < -0.4 is 5.73 Å². The SMILES string of the molecule is Nc1ccc(S(=O)Cc2ccc(F)c(Cl)c2)c(F)c1. The molecule has 2 nitrogen and oxygen atoms in total. The maximum atomic E-state index is 13.6. The number of hydrogen-bond acceptors (Lipinski definition) is 2. The fourth-order valence-corrected chi connectivity index (χ4v) is 2.90. The van der Waals surface area contributed by atoms with E-state index in [1.807, 2.05) is 0 Å². The Morgan fingerprint density at radius 1 is 1.11 bits per heavy atom. The zero-order valence-corrected chi connectivity index (χ0v) is 11.3. The van der Waals surface area contributed by atoms with Crippen LogP contribution in [0.5, 0.6) is 0 Å². The molecule has 0 radical (unpaired) electrons. The molecule has 2 aromatic rings. The fraction of sp³-hybridized carbons (Fsp3) is 0.0769. The molecule has 0 aliphatic carbocycles. The van der Waals surface area contributed by atoms with Crippen molar-refractivity contribution in [3.05, 3.63) is 58.6 Å². The molecule has 1 atom stereocenters. The lowest BCUT2D eigenvalue weighted by molar-refractivity contribution is 0.596. The minimum absolute atomic E-state index is 0.0488. The molecular weight excluding hydrogens is 292 g/mol. The molecule has 0 saturated carbocycles. The summed E-state index contributed by atoms with van der Waals surface area (Å²) >= 11 is 5.63. The molecule has 0 aliphatic heterocycles. The summed E-state index contributed by atoms with van der Waals surface area (Å²) in [4.78, 5) is 0.0645. The molecule has 2 aromatic carbocycles. The molecule has 2 rings (SSSR count). The van der Waals surface area contributed by atoms with E-state index < -0.39 is 22.4 Å². The molecule has 0 aliphatic rings. The number of benzene rings is 2. The number of nitrogens with two attached hydrogens (primary N) is 1. The third kappa shape index (κ3) is 3.30. The van der Waals surface area contributed by atoms with E-state index >= 15 is 0 Å². The van der Waals surface area contributed by atoms with Gasteiger partial charge in [0.25, 0.3) is 0 Å². The Kier molecular flexibility index (Phi) is 4.17. The first kappa shape index (κ1) is 14.0. The van der Waals surface area contributed by atoms with E-state index in [9.17, 15) is 13.0 Å². The van der Waals surface area contributed by atoms with E-state index in [4.69, 9.17) is 17.3 Å². The monoisotopic (exact) mass is 301 g/mol. The van der Waals surface area contributed by atoms with Gasteiger partial charge in [0.15, 0.2) is 0 Å². The van der Waals surface area contributed by atoms with Crippen molar-refractivity contribution in [2.24, 2.45) is 0 Å². The van der Waals surface area contributed by atoms with Gasteiger partial charge in [-0.3, -0.25) is 4.21 Å². The third-order valence-corrected chi connectivity index (χ3v) is 4.19. The molecule has 0 aromatic heterocycles. The van der Waals surface area contributed by atoms with Crippen molar-refractivity contribution in [3.63, 3.8) is 0 Å². The lowest BCUT2D eigenvalue weighted by Crippen LogP contribution is -2.00. The van der Waals surface area contributed by atoms with Gasteiger partial charge in [-0.15, -0.1) is 0 Å². The Hall–Kier alpha value is -1.46. The van der Waals surface area contributed by atoms with Crippen LogP contribution in [0.2, 0.25) is 5.02 Å². The highest BCUT2D eigenvalue weighted by atomic mass is 35.5. The van der Waals surface area contributed by atoms with Gasteiger partial charge < -0.3 is 5.73 Å². The number of hydrogen-bond donors (Lipinski definition) is 1. The maximum Gasteiger partial charge on any atom is 0.141 e. The lowest BCUT2D eigenvalue weighted by atomic mass is 10.2. The van der Waals surface area contributed by atoms with Gasteiger partial charge in [-0.1, -0.05) is 17.7 Å². The highest BCUT2D eigenvalue weighted by molar-refractivity contribution is 7.84. The predicted octanol–water partition coefficient (Wildman–Crippen LogP) is 3.51. The van der Waals surface area contributed by atoms with Crippen LogP contribution in [0.4, 0.5) is 14.5 Å². The van der Waals surface area contributed by atoms with Gasteiger partial charge in [0, 0.05) is 5.69 Å². The zero-order chi connectivity index (χ0) is 14.0. The van der Waals surface area contributed by atoms with Crippen LogP contribution in [-0.4, -0.2) is 4.21 Å². The summed E-state index contributed by atoms with van der Waals surface area (Å²) in [5, 5.41) is -0.0488. The van der Waals surface area contributed by atoms with Gasteiger partial charge in [0.05, 0.1) is 26.5 Å². The fourth-order valence-electron chi connectivity index (χ4n) is 1.56. The van der Waals surface area contributed by atoms with Gasteiger partial charge in [-0.2, -0.15) is 0 Å². The largest absolute Gasteiger partial charge is 0.399 e. The summed E-state index contributed by atoms with van der Waals surface area (Å²) in [7, 11) is -1.58. The molecule has 6 heteroatoms. The maximum absolute atomic E-state index is 13.6. The zero-order valence-electron chi connectivity index (χ0n) is 9.70. The number of halogens is 3. The molecular formula is C13H10ClF2NOS. The number of rotatable bonds is 3. The summed E-state index contributed by atoms with van der Waals surface area (Å²) < 4.78 is 38.6. The van der Waals surface area contributed by atoms with Crippen LogP contribution in [0.25, 0.3) is 0 Å². The van der Waals surface area contributed by atoms with Crippen molar-refractivity contribution in [1.82, 2.24) is 0 Å². The molecule has 2 N–H and O–H groups in total. The third-order valence-electron chi connectivity index (χ3n) is 2.48. The molecule has 0 saturated heterocycles. The van der Waals surface area contributed by atoms with E-state index in [1.54, 1.807) is 0 Å². The molecule has 0 bridgehead atoms. The minimum atomic E-state index is -1.58. The molecule has 1 unspecified atom stereocenters. The van der Waals surface area contributed by atoms with Gasteiger partial charge in [0.1, 0.15) is 11.6 Å². The van der Waals surface area contributed by atoms with Crippen molar-refractivity contribution >= 4 is 28.1 Å². The average molecular weight is 302 g/mol. The van der Waals surface area contributed by atoms with E-state index in [2.05, 4.69) is 0 Å². The number of anilines is 1. The summed E-state index contributed by atoms with van der Waals surface area (Å²) in [6, 6.07) is 8.01. The van der Waals surface area contributed by atoms with Crippen LogP contribution in [-0.2, 0) is 16.6 Å². The topological polar surface area (TPSA) is 43.1 Å². The first-order chi connectivity index (χ1) is 8.97.